The molecule has 4 aromatic rings. The van der Waals surface area contributed by atoms with Crippen molar-refractivity contribution in [2.75, 3.05) is 38.1 Å². The molecule has 180 valence electrons. The SMILES string of the molecule is COCOc1cc2c3c(cccc3c1)C(C)c1c-2ncc2c(N3CCCCCC3)nc(SC)nc12. The molecule has 0 amide bonds. The van der Waals surface area contributed by atoms with Crippen LogP contribution in [-0.4, -0.2) is 48.2 Å². The highest BCUT2D eigenvalue weighted by molar-refractivity contribution is 7.98. The Morgan fingerprint density at radius 2 is 1.91 bits per heavy atom. The summed E-state index contributed by atoms with van der Waals surface area (Å²) >= 11 is 1.61. The highest BCUT2D eigenvalue weighted by atomic mass is 32.2. The first-order valence-corrected chi connectivity index (χ1v) is 13.6. The van der Waals surface area contributed by atoms with Crippen molar-refractivity contribution in [3.05, 3.63) is 47.7 Å². The summed E-state index contributed by atoms with van der Waals surface area (Å²) in [7, 11) is 1.64. The molecule has 2 aromatic heterocycles. The molecule has 6 rings (SSSR count). The number of benzene rings is 2. The number of aromatic nitrogens is 3. The predicted molar refractivity (Wildman–Crippen MR) is 143 cm³/mol. The molecule has 7 heteroatoms. The number of hydrogen-bond donors (Lipinski definition) is 0. The van der Waals surface area contributed by atoms with Crippen LogP contribution in [0.4, 0.5) is 5.82 Å². The van der Waals surface area contributed by atoms with Crippen LogP contribution in [0.1, 0.15) is 49.7 Å². The predicted octanol–water partition coefficient (Wildman–Crippen LogP) is 6.40. The first-order chi connectivity index (χ1) is 17.2. The highest BCUT2D eigenvalue weighted by Gasteiger charge is 2.30. The van der Waals surface area contributed by atoms with E-state index in [4.69, 9.17) is 24.4 Å². The van der Waals surface area contributed by atoms with Gasteiger partial charge in [-0.15, -0.1) is 0 Å². The molecule has 0 spiro atoms. The summed E-state index contributed by atoms with van der Waals surface area (Å²) in [5, 5.41) is 4.27. The van der Waals surface area contributed by atoms with Crippen LogP contribution >= 0.6 is 11.8 Å². The smallest absolute Gasteiger partial charge is 0.189 e. The maximum Gasteiger partial charge on any atom is 0.189 e. The summed E-state index contributed by atoms with van der Waals surface area (Å²) in [5.74, 6) is 1.99. The van der Waals surface area contributed by atoms with Gasteiger partial charge in [0, 0.05) is 43.4 Å². The second-order valence-corrected chi connectivity index (χ2v) is 10.2. The first-order valence-electron chi connectivity index (χ1n) is 12.4. The van der Waals surface area contributed by atoms with E-state index in [2.05, 4.69) is 48.4 Å². The van der Waals surface area contributed by atoms with Gasteiger partial charge in [-0.2, -0.15) is 0 Å². The Kier molecular flexibility index (Phi) is 5.98. The molecule has 2 aliphatic rings. The second-order valence-electron chi connectivity index (χ2n) is 9.41. The summed E-state index contributed by atoms with van der Waals surface area (Å²) in [6.07, 6.45) is 9.03. The molecule has 2 aromatic carbocycles. The fraction of sp³-hybridized carbons (Fsp3) is 0.393. The molecule has 1 fully saturated rings. The third-order valence-corrected chi connectivity index (χ3v) is 7.85. The van der Waals surface area contributed by atoms with Gasteiger partial charge in [0.1, 0.15) is 11.6 Å². The summed E-state index contributed by atoms with van der Waals surface area (Å²) < 4.78 is 11.0. The zero-order chi connectivity index (χ0) is 23.9. The number of pyridine rings is 1. The van der Waals surface area contributed by atoms with E-state index < -0.39 is 0 Å². The van der Waals surface area contributed by atoms with E-state index in [1.807, 2.05) is 6.20 Å². The topological polar surface area (TPSA) is 60.4 Å². The van der Waals surface area contributed by atoms with Crippen molar-refractivity contribution in [2.45, 2.75) is 43.7 Å². The van der Waals surface area contributed by atoms with E-state index in [9.17, 15) is 0 Å². The van der Waals surface area contributed by atoms with Crippen molar-refractivity contribution in [3.8, 4) is 17.0 Å². The van der Waals surface area contributed by atoms with E-state index in [0.29, 0.717) is 0 Å². The Labute approximate surface area is 210 Å². The van der Waals surface area contributed by atoms with Crippen molar-refractivity contribution in [2.24, 2.45) is 0 Å². The van der Waals surface area contributed by atoms with Crippen LogP contribution in [-0.2, 0) is 4.74 Å². The number of thioether (sulfide) groups is 1. The van der Waals surface area contributed by atoms with Crippen LogP contribution in [0.15, 0.2) is 41.7 Å². The Hall–Kier alpha value is -2.90. The van der Waals surface area contributed by atoms with Crippen LogP contribution in [0.25, 0.3) is 32.9 Å². The van der Waals surface area contributed by atoms with Gasteiger partial charge >= 0.3 is 0 Å². The average molecular weight is 487 g/mol. The molecule has 0 N–H and O–H groups in total. The van der Waals surface area contributed by atoms with Gasteiger partial charge in [-0.3, -0.25) is 4.98 Å². The van der Waals surface area contributed by atoms with Crippen molar-refractivity contribution >= 4 is 39.3 Å². The minimum absolute atomic E-state index is 0.171. The number of nitrogens with zero attached hydrogens (tertiary/aromatic N) is 4. The monoisotopic (exact) mass is 486 g/mol. The third kappa shape index (κ3) is 3.81. The number of methoxy groups -OCH3 is 1. The molecule has 1 aliphatic heterocycles. The zero-order valence-electron chi connectivity index (χ0n) is 20.5. The maximum atomic E-state index is 5.86. The van der Waals surface area contributed by atoms with E-state index in [1.165, 1.54) is 42.2 Å². The third-order valence-electron chi connectivity index (χ3n) is 7.31. The highest BCUT2D eigenvalue weighted by Crippen LogP contribution is 2.48. The second kappa shape index (κ2) is 9.28. The molecule has 1 saturated heterocycles. The quantitative estimate of drug-likeness (QED) is 0.184. The van der Waals surface area contributed by atoms with Crippen LogP contribution in [0.3, 0.4) is 0 Å². The Balaban J connectivity index is 1.61. The molecular formula is C28H30N4O2S. The van der Waals surface area contributed by atoms with E-state index in [-0.39, 0.29) is 12.7 Å². The van der Waals surface area contributed by atoms with E-state index >= 15 is 0 Å². The van der Waals surface area contributed by atoms with Crippen LogP contribution < -0.4 is 9.64 Å². The van der Waals surface area contributed by atoms with Crippen molar-refractivity contribution < 1.29 is 9.47 Å². The lowest BCUT2D eigenvalue weighted by Crippen LogP contribution is -2.25. The molecule has 0 saturated carbocycles. The summed E-state index contributed by atoms with van der Waals surface area (Å²) in [6.45, 7) is 4.56. The Morgan fingerprint density at radius 1 is 1.09 bits per heavy atom. The zero-order valence-corrected chi connectivity index (χ0v) is 21.3. The van der Waals surface area contributed by atoms with Crippen LogP contribution in [0, 0.1) is 0 Å². The van der Waals surface area contributed by atoms with E-state index in [0.717, 1.165) is 57.4 Å². The Morgan fingerprint density at radius 3 is 2.69 bits per heavy atom. The average Bonchev–Trinajstić information content (AvgIpc) is 3.18. The minimum Gasteiger partial charge on any atom is -0.468 e. The lowest BCUT2D eigenvalue weighted by Gasteiger charge is -2.28. The minimum atomic E-state index is 0.171. The molecule has 0 radical (unpaired) electrons. The number of ether oxygens (including phenoxy) is 2. The van der Waals surface area contributed by atoms with Gasteiger partial charge in [0.15, 0.2) is 11.9 Å². The largest absolute Gasteiger partial charge is 0.468 e. The standard InChI is InChI=1S/C28H30N4O2S/c1-17-20-10-8-9-18-13-19(34-16-33-2)14-21(24(18)20)25-23(17)26-22(15-29-25)27(31-28(30-26)35-3)32-11-6-4-5-7-12-32/h8-10,13-15,17H,4-7,11-12,16H2,1-3H3. The molecule has 0 bridgehead atoms. The van der Waals surface area contributed by atoms with Crippen LogP contribution in [0.5, 0.6) is 5.75 Å². The van der Waals surface area contributed by atoms with Crippen molar-refractivity contribution in [1.29, 1.82) is 0 Å². The molecule has 3 heterocycles. The van der Waals surface area contributed by atoms with Gasteiger partial charge in [0.2, 0.25) is 0 Å². The number of hydrogen-bond acceptors (Lipinski definition) is 7. The molecule has 6 nitrogen and oxygen atoms in total. The number of anilines is 1. The molecule has 35 heavy (non-hydrogen) atoms. The fourth-order valence-electron chi connectivity index (χ4n) is 5.66. The summed E-state index contributed by atoms with van der Waals surface area (Å²) in [6, 6.07) is 10.7. The summed E-state index contributed by atoms with van der Waals surface area (Å²) in [4.78, 5) is 17.6. The van der Waals surface area contributed by atoms with Gasteiger partial charge < -0.3 is 14.4 Å². The molecular weight excluding hydrogens is 456 g/mol. The maximum absolute atomic E-state index is 5.86. The number of rotatable bonds is 5. The van der Waals surface area contributed by atoms with Gasteiger partial charge in [0.25, 0.3) is 0 Å². The van der Waals surface area contributed by atoms with E-state index in [1.54, 1.807) is 18.9 Å². The first kappa shape index (κ1) is 22.6. The Bertz CT molecular complexity index is 1420. The van der Waals surface area contributed by atoms with Crippen LogP contribution in [0.2, 0.25) is 0 Å². The number of fused-ring (bicyclic) bond motifs is 4. The molecule has 1 unspecified atom stereocenters. The lowest BCUT2D eigenvalue weighted by atomic mass is 9.79. The van der Waals surface area contributed by atoms with Gasteiger partial charge in [-0.1, -0.05) is 49.7 Å². The molecule has 1 atom stereocenters. The van der Waals surface area contributed by atoms with Gasteiger partial charge in [0.05, 0.1) is 16.6 Å². The van der Waals surface area contributed by atoms with Crippen molar-refractivity contribution in [3.63, 3.8) is 0 Å². The fourth-order valence-corrected chi connectivity index (χ4v) is 6.02. The normalized spacial score (nSPS) is 17.5. The van der Waals surface area contributed by atoms with Gasteiger partial charge in [-0.25, -0.2) is 9.97 Å². The van der Waals surface area contributed by atoms with Crippen molar-refractivity contribution in [1.82, 2.24) is 15.0 Å². The summed E-state index contributed by atoms with van der Waals surface area (Å²) in [5.41, 5.74) is 5.59. The lowest BCUT2D eigenvalue weighted by molar-refractivity contribution is 0.0512. The molecule has 1 aliphatic carbocycles. The van der Waals surface area contributed by atoms with Gasteiger partial charge in [-0.05, 0) is 47.6 Å².